The van der Waals surface area contributed by atoms with Crippen LogP contribution in [0.5, 0.6) is 0 Å². The van der Waals surface area contributed by atoms with Crippen molar-refractivity contribution in [3.05, 3.63) is 71.3 Å². The van der Waals surface area contributed by atoms with E-state index >= 15 is 0 Å². The Kier molecular flexibility index (Phi) is 2.07. The van der Waals surface area contributed by atoms with Crippen molar-refractivity contribution in [2.24, 2.45) is 0 Å². The Hall–Kier alpha value is -2.35. The van der Waals surface area contributed by atoms with Crippen molar-refractivity contribution in [2.75, 3.05) is 4.90 Å². The molecule has 0 fully saturated rings. The Morgan fingerprint density at radius 1 is 0.950 bits per heavy atom. The van der Waals surface area contributed by atoms with Crippen molar-refractivity contribution in [1.82, 2.24) is 0 Å². The number of rotatable bonds is 0. The normalized spacial score (nSPS) is 23.0. The molecule has 2 nitrogen and oxygen atoms in total. The van der Waals surface area contributed by atoms with Gasteiger partial charge in [-0.2, -0.15) is 0 Å². The second-order valence-electron chi connectivity index (χ2n) is 5.68. The average molecular weight is 261 g/mol. The van der Waals surface area contributed by atoms with Gasteiger partial charge in [0.15, 0.2) is 0 Å². The first-order valence-electron chi connectivity index (χ1n) is 6.86. The first-order valence-corrected chi connectivity index (χ1v) is 6.86. The Bertz CT molecular complexity index is 774. The number of hydrogen-bond acceptors (Lipinski definition) is 1. The quantitative estimate of drug-likeness (QED) is 0.702. The Morgan fingerprint density at radius 2 is 1.60 bits per heavy atom. The lowest BCUT2D eigenvalue weighted by molar-refractivity contribution is 0.0985. The molecular formula is C18H15NO. The van der Waals surface area contributed by atoms with Crippen LogP contribution in [0.1, 0.15) is 35.3 Å². The van der Waals surface area contributed by atoms with Gasteiger partial charge in [0.05, 0.1) is 11.2 Å². The largest absolute Gasteiger partial charge is 0.294 e. The average Bonchev–Trinajstić information content (AvgIpc) is 2.68. The predicted molar refractivity (Wildman–Crippen MR) is 80.7 cm³/mol. The number of anilines is 1. The van der Waals surface area contributed by atoms with Gasteiger partial charge >= 0.3 is 0 Å². The number of amides is 1. The summed E-state index contributed by atoms with van der Waals surface area (Å²) in [6.45, 7) is 4.24. The minimum Gasteiger partial charge on any atom is -0.294 e. The van der Waals surface area contributed by atoms with E-state index in [4.69, 9.17) is 0 Å². The number of nitrogens with zero attached hydrogens (tertiary/aromatic N) is 1. The zero-order valence-corrected chi connectivity index (χ0v) is 11.6. The van der Waals surface area contributed by atoms with Gasteiger partial charge in [-0.3, -0.25) is 9.69 Å². The molecule has 1 unspecified atom stereocenters. The van der Waals surface area contributed by atoms with Crippen molar-refractivity contribution in [1.29, 1.82) is 0 Å². The van der Waals surface area contributed by atoms with Crippen LogP contribution in [0, 0.1) is 0 Å². The number of fused-ring (bicyclic) bond motifs is 5. The maximum Gasteiger partial charge on any atom is 0.259 e. The molecule has 1 amide bonds. The molecule has 98 valence electrons. The number of carbonyl (C=O) groups excluding carboxylic acids is 1. The Labute approximate surface area is 118 Å². The molecule has 0 aromatic heterocycles. The van der Waals surface area contributed by atoms with E-state index < -0.39 is 0 Å². The van der Waals surface area contributed by atoms with E-state index in [9.17, 15) is 4.79 Å². The molecule has 0 N–H and O–H groups in total. The number of carbonyl (C=O) groups is 1. The third-order valence-corrected chi connectivity index (χ3v) is 4.44. The zero-order chi connectivity index (χ0) is 13.9. The fourth-order valence-electron chi connectivity index (χ4n) is 3.57. The fraction of sp³-hybridized carbons (Fsp3) is 0.167. The first-order chi connectivity index (χ1) is 9.63. The van der Waals surface area contributed by atoms with Gasteiger partial charge in [0, 0.05) is 11.1 Å². The molecule has 20 heavy (non-hydrogen) atoms. The highest BCUT2D eigenvalue weighted by Crippen LogP contribution is 2.49. The second-order valence-corrected chi connectivity index (χ2v) is 5.68. The van der Waals surface area contributed by atoms with E-state index in [1.807, 2.05) is 41.3 Å². The van der Waals surface area contributed by atoms with E-state index in [-0.39, 0.29) is 11.4 Å². The maximum atomic E-state index is 12.8. The molecule has 0 saturated heterocycles. The lowest BCUT2D eigenvalue weighted by atomic mass is 9.84. The van der Waals surface area contributed by atoms with Crippen LogP contribution in [0.2, 0.25) is 0 Å². The first kappa shape index (κ1) is 11.5. The highest BCUT2D eigenvalue weighted by Gasteiger charge is 2.48. The van der Waals surface area contributed by atoms with Crippen LogP contribution in [0.25, 0.3) is 5.57 Å². The van der Waals surface area contributed by atoms with Gasteiger partial charge in [-0.1, -0.05) is 42.5 Å². The lowest BCUT2D eigenvalue weighted by Gasteiger charge is -2.39. The van der Waals surface area contributed by atoms with E-state index in [0.717, 1.165) is 22.4 Å². The van der Waals surface area contributed by atoms with Gasteiger partial charge in [0.25, 0.3) is 5.91 Å². The number of benzene rings is 2. The second kappa shape index (κ2) is 3.60. The van der Waals surface area contributed by atoms with Crippen LogP contribution in [-0.4, -0.2) is 5.91 Å². The van der Waals surface area contributed by atoms with Gasteiger partial charge in [-0.15, -0.1) is 0 Å². The van der Waals surface area contributed by atoms with Gasteiger partial charge in [0.2, 0.25) is 0 Å². The number of para-hydroxylation sites is 1. The van der Waals surface area contributed by atoms with Crippen LogP contribution < -0.4 is 4.90 Å². The fourth-order valence-corrected chi connectivity index (χ4v) is 3.57. The van der Waals surface area contributed by atoms with Crippen LogP contribution in [0.3, 0.4) is 0 Å². The molecule has 2 aromatic rings. The van der Waals surface area contributed by atoms with Gasteiger partial charge in [0.1, 0.15) is 0 Å². The summed E-state index contributed by atoms with van der Waals surface area (Å²) in [7, 11) is 0. The summed E-state index contributed by atoms with van der Waals surface area (Å²) in [5.41, 5.74) is 4.92. The van der Waals surface area contributed by atoms with Gasteiger partial charge < -0.3 is 0 Å². The van der Waals surface area contributed by atoms with Crippen molar-refractivity contribution in [3.8, 4) is 0 Å². The molecular weight excluding hydrogens is 246 g/mol. The minimum atomic E-state index is -0.369. The summed E-state index contributed by atoms with van der Waals surface area (Å²) in [6.07, 6.45) is 2.21. The maximum absolute atomic E-state index is 12.8. The molecule has 2 aromatic carbocycles. The van der Waals surface area contributed by atoms with Crippen molar-refractivity contribution >= 4 is 17.2 Å². The monoisotopic (exact) mass is 261 g/mol. The zero-order valence-electron chi connectivity index (χ0n) is 11.6. The van der Waals surface area contributed by atoms with Gasteiger partial charge in [-0.25, -0.2) is 0 Å². The standard InChI is InChI=1S/C18H15NO/c1-12-11-18(2)15-9-5-3-8-14(15)17(20)19(18)16-10-6-4-7-13(12)16/h3-11H,1-2H3. The number of allylic oxidation sites excluding steroid dienone is 1. The van der Waals surface area contributed by atoms with E-state index in [2.05, 4.69) is 32.1 Å². The van der Waals surface area contributed by atoms with Crippen LogP contribution in [0.4, 0.5) is 5.69 Å². The SMILES string of the molecule is CC1=CC2(C)c3ccccc3C(=O)N2c2ccccc21. The van der Waals surface area contributed by atoms with Crippen LogP contribution >= 0.6 is 0 Å². The summed E-state index contributed by atoms with van der Waals surface area (Å²) in [5, 5.41) is 0. The van der Waals surface area contributed by atoms with E-state index in [1.165, 1.54) is 5.57 Å². The molecule has 4 rings (SSSR count). The third kappa shape index (κ3) is 1.21. The summed E-state index contributed by atoms with van der Waals surface area (Å²) in [6, 6.07) is 16.1. The molecule has 2 heteroatoms. The highest BCUT2D eigenvalue weighted by atomic mass is 16.2. The summed E-state index contributed by atoms with van der Waals surface area (Å²) < 4.78 is 0. The molecule has 0 bridgehead atoms. The summed E-state index contributed by atoms with van der Waals surface area (Å²) in [4.78, 5) is 14.7. The molecule has 2 heterocycles. The lowest BCUT2D eigenvalue weighted by Crippen LogP contribution is -2.42. The van der Waals surface area contributed by atoms with Crippen molar-refractivity contribution in [2.45, 2.75) is 19.4 Å². The topological polar surface area (TPSA) is 20.3 Å². The third-order valence-electron chi connectivity index (χ3n) is 4.44. The van der Waals surface area contributed by atoms with Gasteiger partial charge in [-0.05, 0) is 37.1 Å². The predicted octanol–water partition coefficient (Wildman–Crippen LogP) is 3.98. The number of hydrogen-bond donors (Lipinski definition) is 0. The molecule has 0 aliphatic carbocycles. The molecule has 1 atom stereocenters. The Morgan fingerprint density at radius 3 is 2.40 bits per heavy atom. The molecule has 2 aliphatic rings. The highest BCUT2D eigenvalue weighted by molar-refractivity contribution is 6.14. The molecule has 0 spiro atoms. The molecule has 0 saturated carbocycles. The van der Waals surface area contributed by atoms with E-state index in [0.29, 0.717) is 0 Å². The molecule has 2 aliphatic heterocycles. The summed E-state index contributed by atoms with van der Waals surface area (Å²) >= 11 is 0. The summed E-state index contributed by atoms with van der Waals surface area (Å²) in [5.74, 6) is 0.0966. The van der Waals surface area contributed by atoms with E-state index in [1.54, 1.807) is 0 Å². The smallest absolute Gasteiger partial charge is 0.259 e. The van der Waals surface area contributed by atoms with Crippen molar-refractivity contribution in [3.63, 3.8) is 0 Å². The van der Waals surface area contributed by atoms with Crippen LogP contribution in [-0.2, 0) is 5.54 Å². The van der Waals surface area contributed by atoms with Crippen LogP contribution in [0.15, 0.2) is 54.6 Å². The minimum absolute atomic E-state index is 0.0966. The molecule has 0 radical (unpaired) electrons. The van der Waals surface area contributed by atoms with Crippen molar-refractivity contribution < 1.29 is 4.79 Å². The Balaban J connectivity index is 2.07.